The Hall–Kier alpha value is -0.810. The first-order chi connectivity index (χ1) is 7.82. The molecule has 17 heavy (non-hydrogen) atoms. The lowest BCUT2D eigenvalue weighted by Crippen LogP contribution is -2.51. The predicted molar refractivity (Wildman–Crippen MR) is 52.9 cm³/mol. The van der Waals surface area contributed by atoms with Crippen molar-refractivity contribution in [1.29, 1.82) is 0 Å². The van der Waals surface area contributed by atoms with Gasteiger partial charge in [-0.25, -0.2) is 4.79 Å². The smallest absolute Gasteiger partial charge is 0.335 e. The maximum Gasteiger partial charge on any atom is 0.335 e. The zero-order valence-corrected chi connectivity index (χ0v) is 9.08. The summed E-state index contributed by atoms with van der Waals surface area (Å²) in [6.07, 6.45) is -10.2. The summed E-state index contributed by atoms with van der Waals surface area (Å²) in [5, 5.41) is 68.5. The highest BCUT2D eigenvalue weighted by atomic mass is 16.4. The average molecular weight is 258 g/mol. The first-order valence-electron chi connectivity index (χ1n) is 4.51. The third kappa shape index (κ3) is 5.89. The van der Waals surface area contributed by atoms with Crippen LogP contribution in [0.15, 0.2) is 0 Å². The maximum absolute atomic E-state index is 10.2. The molecule has 0 fully saturated rings. The molecule has 0 bridgehead atoms. The number of carbonyl (C=O) groups is 1. The van der Waals surface area contributed by atoms with Crippen LogP contribution in [0.4, 0.5) is 0 Å². The molecular weight excluding hydrogens is 240 g/mol. The second-order valence-electron chi connectivity index (χ2n) is 3.00. The number of aliphatic carboxylic acids is 1. The van der Waals surface area contributed by atoms with Crippen molar-refractivity contribution in [2.24, 2.45) is 0 Å². The molecule has 0 saturated heterocycles. The van der Waals surface area contributed by atoms with E-state index < -0.39 is 43.1 Å². The third-order valence-electron chi connectivity index (χ3n) is 1.86. The maximum atomic E-state index is 10.2. The molecule has 8 N–H and O–H groups in total. The van der Waals surface area contributed by atoms with E-state index in [0.29, 0.717) is 0 Å². The fourth-order valence-electron chi connectivity index (χ4n) is 0.870. The number of hydrogen-bond donors (Lipinski definition) is 8. The third-order valence-corrected chi connectivity index (χ3v) is 1.86. The summed E-state index contributed by atoms with van der Waals surface area (Å²) in [4.78, 5) is 10.2. The van der Waals surface area contributed by atoms with Gasteiger partial charge in [-0.1, -0.05) is 0 Å². The highest BCUT2D eigenvalue weighted by molar-refractivity contribution is 5.72. The largest absolute Gasteiger partial charge is 0.479 e. The molecule has 5 atom stereocenters. The molecule has 104 valence electrons. The molecule has 0 aliphatic heterocycles. The molecule has 0 aromatic rings. The van der Waals surface area contributed by atoms with E-state index in [9.17, 15) is 4.79 Å². The molecule has 0 heterocycles. The van der Waals surface area contributed by atoms with Crippen LogP contribution in [0.5, 0.6) is 0 Å². The fraction of sp³-hybridized carbons (Fsp3) is 0.875. The molecule has 9 heteroatoms. The molecule has 0 aliphatic rings. The van der Waals surface area contributed by atoms with Crippen LogP contribution >= 0.6 is 0 Å². The molecule has 0 aromatic heterocycles. The van der Waals surface area contributed by atoms with Crippen LogP contribution in [0.25, 0.3) is 0 Å². The van der Waals surface area contributed by atoms with Crippen LogP contribution < -0.4 is 0 Å². The number of aliphatic hydroxyl groups is 7. The van der Waals surface area contributed by atoms with Crippen molar-refractivity contribution in [1.82, 2.24) is 0 Å². The Morgan fingerprint density at radius 1 is 0.941 bits per heavy atom. The second kappa shape index (κ2) is 9.24. The summed E-state index contributed by atoms with van der Waals surface area (Å²) in [6.45, 7) is -0.881. The Balaban J connectivity index is 0. The summed E-state index contributed by atoms with van der Waals surface area (Å²) in [6, 6.07) is 0. The topological polar surface area (TPSA) is 179 Å². The minimum absolute atomic E-state index is 0.881. The lowest BCUT2D eigenvalue weighted by molar-refractivity contribution is -0.169. The Bertz CT molecular complexity index is 209. The van der Waals surface area contributed by atoms with Crippen molar-refractivity contribution in [3.05, 3.63) is 0 Å². The summed E-state index contributed by atoms with van der Waals surface area (Å²) in [5.41, 5.74) is 0. The van der Waals surface area contributed by atoms with Crippen LogP contribution in [0, 0.1) is 0 Å². The van der Waals surface area contributed by atoms with Crippen LogP contribution in [-0.2, 0) is 4.79 Å². The Labute approximate surface area is 96.8 Å². The predicted octanol–water partition coefficient (Wildman–Crippen LogP) is -4.52. The Kier molecular flexibility index (Phi) is 10.1. The van der Waals surface area contributed by atoms with Crippen molar-refractivity contribution in [3.63, 3.8) is 0 Å². The van der Waals surface area contributed by atoms with Crippen molar-refractivity contribution >= 4 is 5.97 Å². The minimum Gasteiger partial charge on any atom is -0.479 e. The van der Waals surface area contributed by atoms with Crippen molar-refractivity contribution in [3.8, 4) is 0 Å². The molecule has 0 aliphatic carbocycles. The molecule has 0 spiro atoms. The van der Waals surface area contributed by atoms with E-state index in [0.717, 1.165) is 7.11 Å². The van der Waals surface area contributed by atoms with E-state index in [1.165, 1.54) is 0 Å². The van der Waals surface area contributed by atoms with E-state index in [1.54, 1.807) is 0 Å². The first-order valence-corrected chi connectivity index (χ1v) is 4.51. The van der Waals surface area contributed by atoms with Gasteiger partial charge in [0.2, 0.25) is 0 Å². The average Bonchev–Trinajstić information content (AvgIpc) is 2.36. The standard InChI is InChI=1S/C7H14O8.CH4O/c8-1-2(9)3(10)4(11)5(12)6(13)7(14)15;1-2/h2-6,8-13H,1H2,(H,14,15);2H,1H3. The van der Waals surface area contributed by atoms with Gasteiger partial charge in [-0.05, 0) is 0 Å². The monoisotopic (exact) mass is 258 g/mol. The lowest BCUT2D eigenvalue weighted by atomic mass is 9.99. The molecule has 0 saturated carbocycles. The highest BCUT2D eigenvalue weighted by Crippen LogP contribution is 2.08. The van der Waals surface area contributed by atoms with E-state index in [-0.39, 0.29) is 0 Å². The van der Waals surface area contributed by atoms with Gasteiger partial charge in [0.1, 0.15) is 24.4 Å². The SMILES string of the molecule is CO.O=C(O)C(O)C(O)C(O)C(O)C(O)CO. The van der Waals surface area contributed by atoms with Crippen LogP contribution in [0.3, 0.4) is 0 Å². The van der Waals surface area contributed by atoms with Crippen LogP contribution in [0.1, 0.15) is 0 Å². The van der Waals surface area contributed by atoms with E-state index in [2.05, 4.69) is 0 Å². The van der Waals surface area contributed by atoms with Crippen molar-refractivity contribution in [2.75, 3.05) is 13.7 Å². The van der Waals surface area contributed by atoms with Gasteiger partial charge in [-0.2, -0.15) is 0 Å². The normalized spacial score (nSPS) is 19.3. The molecule has 9 nitrogen and oxygen atoms in total. The van der Waals surface area contributed by atoms with Gasteiger partial charge >= 0.3 is 5.97 Å². The van der Waals surface area contributed by atoms with Crippen LogP contribution in [-0.4, -0.2) is 91.1 Å². The zero-order chi connectivity index (χ0) is 14.2. The van der Waals surface area contributed by atoms with Gasteiger partial charge < -0.3 is 40.9 Å². The Morgan fingerprint density at radius 3 is 1.65 bits per heavy atom. The lowest BCUT2D eigenvalue weighted by Gasteiger charge is -2.26. The first kappa shape index (κ1) is 18.6. The molecule has 0 amide bonds. The molecule has 0 radical (unpaired) electrons. The van der Waals surface area contributed by atoms with Gasteiger partial charge in [-0.3, -0.25) is 0 Å². The van der Waals surface area contributed by atoms with Crippen molar-refractivity contribution < 1.29 is 45.6 Å². The highest BCUT2D eigenvalue weighted by Gasteiger charge is 2.36. The fourth-order valence-corrected chi connectivity index (χ4v) is 0.870. The zero-order valence-electron chi connectivity index (χ0n) is 9.08. The van der Waals surface area contributed by atoms with E-state index in [1.807, 2.05) is 0 Å². The van der Waals surface area contributed by atoms with E-state index in [4.69, 9.17) is 40.9 Å². The van der Waals surface area contributed by atoms with E-state index >= 15 is 0 Å². The van der Waals surface area contributed by atoms with Gasteiger partial charge in [0.05, 0.1) is 6.61 Å². The molecule has 0 rings (SSSR count). The number of carboxylic acid groups (broad SMARTS) is 1. The molecular formula is C8H18O9. The number of carboxylic acids is 1. The van der Waals surface area contributed by atoms with Crippen molar-refractivity contribution in [2.45, 2.75) is 30.5 Å². The summed E-state index contributed by atoms with van der Waals surface area (Å²) < 4.78 is 0. The quantitative estimate of drug-likeness (QED) is 0.233. The number of hydrogen-bond acceptors (Lipinski definition) is 8. The van der Waals surface area contributed by atoms with Crippen LogP contribution in [0.2, 0.25) is 0 Å². The Morgan fingerprint density at radius 2 is 1.35 bits per heavy atom. The summed E-state index contributed by atoms with van der Waals surface area (Å²) in [7, 11) is 1.00. The summed E-state index contributed by atoms with van der Waals surface area (Å²) >= 11 is 0. The molecule has 0 aromatic carbocycles. The number of aliphatic hydroxyl groups excluding tert-OH is 7. The van der Waals surface area contributed by atoms with Gasteiger partial charge in [0.15, 0.2) is 6.10 Å². The molecule has 5 unspecified atom stereocenters. The summed E-state index contributed by atoms with van der Waals surface area (Å²) in [5.74, 6) is -1.78. The second-order valence-corrected chi connectivity index (χ2v) is 3.00. The van der Waals surface area contributed by atoms with Gasteiger partial charge in [-0.15, -0.1) is 0 Å². The number of rotatable bonds is 6. The van der Waals surface area contributed by atoms with Gasteiger partial charge in [0.25, 0.3) is 0 Å². The minimum atomic E-state index is -2.29. The van der Waals surface area contributed by atoms with Gasteiger partial charge in [0, 0.05) is 7.11 Å².